The van der Waals surface area contributed by atoms with Gasteiger partial charge in [0, 0.05) is 0 Å². The summed E-state index contributed by atoms with van der Waals surface area (Å²) in [7, 11) is 0. The van der Waals surface area contributed by atoms with Gasteiger partial charge in [-0.15, -0.1) is 0 Å². The van der Waals surface area contributed by atoms with Crippen LogP contribution >= 0.6 is 0 Å². The van der Waals surface area contributed by atoms with Crippen LogP contribution in [-0.4, -0.2) is 110 Å². The molecule has 1 aliphatic rings. The molecule has 61 heavy (non-hydrogen) atoms. The number of aliphatic hydroxyl groups excluding tert-OH is 7. The number of rotatable bonds is 41. The van der Waals surface area contributed by atoms with E-state index in [-0.39, 0.29) is 12.8 Å². The van der Waals surface area contributed by atoms with Crippen LogP contribution in [-0.2, 0) is 14.3 Å². The molecule has 1 heterocycles. The number of aliphatic hydroxyl groups is 7. The first kappa shape index (κ1) is 57.3. The molecule has 358 valence electrons. The van der Waals surface area contributed by atoms with Gasteiger partial charge in [0.25, 0.3) is 0 Å². The lowest BCUT2D eigenvalue weighted by Gasteiger charge is -2.40. The maximum Gasteiger partial charge on any atom is 0.249 e. The average molecular weight is 868 g/mol. The molecular weight excluding hydrogens is 775 g/mol. The predicted octanol–water partition coefficient (Wildman–Crippen LogP) is 8.78. The Kier molecular flexibility index (Phi) is 37.5. The summed E-state index contributed by atoms with van der Waals surface area (Å²) in [5.41, 5.74) is 0. The standard InChI is InChI=1S/C50H93NO10/c1-3-5-7-9-11-13-15-17-19-21-22-24-26-28-30-32-34-36-38-43(54)49(59)51-41(40-60-50-48(58)47(57)46(56)44(39-52)61-50)45(55)42(53)37-35-33-31-29-27-25-23-20-18-16-14-12-10-8-6-4-2/h12,14,20,23,29,31,41-48,50,52-58H,3-11,13,15-19,21-22,24-28,30,32-40H2,1-2H3,(H,51,59)/b14-12+,23-20+,31-29+. The molecule has 0 bridgehead atoms. The van der Waals surface area contributed by atoms with Crippen molar-refractivity contribution in [3.63, 3.8) is 0 Å². The van der Waals surface area contributed by atoms with Crippen molar-refractivity contribution in [2.24, 2.45) is 0 Å². The lowest BCUT2D eigenvalue weighted by atomic mass is 9.98. The quantitative estimate of drug-likeness (QED) is 0.0218. The normalized spacial score (nSPS) is 21.8. The molecule has 0 aromatic heterocycles. The fourth-order valence-electron chi connectivity index (χ4n) is 7.77. The highest BCUT2D eigenvalue weighted by molar-refractivity contribution is 5.80. The fourth-order valence-corrected chi connectivity index (χ4v) is 7.77. The Morgan fingerprint density at radius 1 is 0.557 bits per heavy atom. The molecule has 0 aromatic carbocycles. The van der Waals surface area contributed by atoms with E-state index in [1.165, 1.54) is 116 Å². The van der Waals surface area contributed by atoms with Crippen LogP contribution in [0.5, 0.6) is 0 Å². The van der Waals surface area contributed by atoms with E-state index in [1.54, 1.807) is 0 Å². The van der Waals surface area contributed by atoms with Crippen molar-refractivity contribution in [3.05, 3.63) is 36.5 Å². The maximum atomic E-state index is 13.1. The summed E-state index contributed by atoms with van der Waals surface area (Å²) in [6, 6.07) is -1.19. The Balaban J connectivity index is 2.44. The van der Waals surface area contributed by atoms with Gasteiger partial charge in [-0.2, -0.15) is 0 Å². The van der Waals surface area contributed by atoms with Crippen molar-refractivity contribution in [1.82, 2.24) is 5.32 Å². The molecule has 8 N–H and O–H groups in total. The molecule has 11 heteroatoms. The molecule has 0 radical (unpaired) electrons. The third kappa shape index (κ3) is 29.4. The number of unbranched alkanes of at least 4 members (excludes halogenated alkanes) is 23. The van der Waals surface area contributed by atoms with Gasteiger partial charge in [0.1, 0.15) is 36.6 Å². The summed E-state index contributed by atoms with van der Waals surface area (Å²) in [4.78, 5) is 13.1. The number of hydrogen-bond donors (Lipinski definition) is 8. The van der Waals surface area contributed by atoms with Crippen LogP contribution < -0.4 is 5.32 Å². The fraction of sp³-hybridized carbons (Fsp3) is 0.860. The van der Waals surface area contributed by atoms with Crippen LogP contribution in [0.4, 0.5) is 0 Å². The largest absolute Gasteiger partial charge is 0.394 e. The summed E-state index contributed by atoms with van der Waals surface area (Å²) in [6.07, 6.45) is 34.7. The summed E-state index contributed by atoms with van der Waals surface area (Å²) in [5, 5.41) is 75.8. The van der Waals surface area contributed by atoms with E-state index < -0.39 is 74.2 Å². The number of nitrogens with one attached hydrogen (secondary N) is 1. The van der Waals surface area contributed by atoms with Gasteiger partial charge in [0.2, 0.25) is 5.91 Å². The molecule has 1 rings (SSSR count). The molecular formula is C50H93NO10. The molecule has 1 amide bonds. The number of amides is 1. The van der Waals surface area contributed by atoms with Crippen LogP contribution in [0.25, 0.3) is 0 Å². The van der Waals surface area contributed by atoms with Gasteiger partial charge in [0.05, 0.1) is 25.4 Å². The highest BCUT2D eigenvalue weighted by Crippen LogP contribution is 2.23. The molecule has 0 aromatic rings. The zero-order valence-corrected chi connectivity index (χ0v) is 38.6. The second-order valence-electron chi connectivity index (χ2n) is 17.5. The van der Waals surface area contributed by atoms with E-state index in [9.17, 15) is 40.5 Å². The van der Waals surface area contributed by atoms with Crippen molar-refractivity contribution < 1.29 is 50.0 Å². The van der Waals surface area contributed by atoms with Crippen molar-refractivity contribution in [2.75, 3.05) is 13.2 Å². The Bertz CT molecular complexity index is 1090. The third-order valence-corrected chi connectivity index (χ3v) is 11.9. The van der Waals surface area contributed by atoms with E-state index in [0.29, 0.717) is 19.3 Å². The monoisotopic (exact) mass is 868 g/mol. The molecule has 0 saturated carbocycles. The predicted molar refractivity (Wildman–Crippen MR) is 247 cm³/mol. The maximum absolute atomic E-state index is 13.1. The Hall–Kier alpha value is -1.67. The number of carbonyl (C=O) groups excluding carboxylic acids is 1. The zero-order valence-electron chi connectivity index (χ0n) is 38.6. The van der Waals surface area contributed by atoms with Crippen molar-refractivity contribution in [1.29, 1.82) is 0 Å². The minimum absolute atomic E-state index is 0.242. The Labute approximate surface area is 371 Å². The van der Waals surface area contributed by atoms with Gasteiger partial charge in [-0.05, 0) is 64.2 Å². The second kappa shape index (κ2) is 39.9. The van der Waals surface area contributed by atoms with Gasteiger partial charge < -0.3 is 50.5 Å². The van der Waals surface area contributed by atoms with Crippen LogP contribution in [0.3, 0.4) is 0 Å². The van der Waals surface area contributed by atoms with E-state index >= 15 is 0 Å². The Morgan fingerprint density at radius 3 is 1.46 bits per heavy atom. The molecule has 9 atom stereocenters. The SMILES string of the molecule is CCCCC/C=C/CC/C=C/CC/C=C/CCCC(O)C(O)C(COC1OC(CO)C(O)C(O)C1O)NC(=O)C(O)CCCCCCCCCCCCCCCCCCCC. The second-order valence-corrected chi connectivity index (χ2v) is 17.5. The first-order chi connectivity index (χ1) is 29.7. The first-order valence-electron chi connectivity index (χ1n) is 24.9. The van der Waals surface area contributed by atoms with Crippen LogP contribution in [0.2, 0.25) is 0 Å². The molecule has 11 nitrogen and oxygen atoms in total. The van der Waals surface area contributed by atoms with Gasteiger partial charge >= 0.3 is 0 Å². The lowest BCUT2D eigenvalue weighted by molar-refractivity contribution is -0.303. The average Bonchev–Trinajstić information content (AvgIpc) is 3.26. The van der Waals surface area contributed by atoms with Crippen LogP contribution in [0.15, 0.2) is 36.5 Å². The minimum Gasteiger partial charge on any atom is -0.394 e. The van der Waals surface area contributed by atoms with E-state index in [2.05, 4.69) is 55.6 Å². The van der Waals surface area contributed by atoms with Crippen LogP contribution in [0.1, 0.15) is 206 Å². The van der Waals surface area contributed by atoms with E-state index in [4.69, 9.17) is 9.47 Å². The van der Waals surface area contributed by atoms with E-state index in [0.717, 1.165) is 44.9 Å². The molecule has 0 aliphatic carbocycles. The highest BCUT2D eigenvalue weighted by Gasteiger charge is 2.44. The number of carbonyl (C=O) groups is 1. The van der Waals surface area contributed by atoms with Gasteiger partial charge in [0.15, 0.2) is 6.29 Å². The molecule has 0 spiro atoms. The molecule has 1 fully saturated rings. The van der Waals surface area contributed by atoms with Crippen molar-refractivity contribution in [3.8, 4) is 0 Å². The smallest absolute Gasteiger partial charge is 0.249 e. The topological polar surface area (TPSA) is 189 Å². The van der Waals surface area contributed by atoms with Gasteiger partial charge in [-0.25, -0.2) is 0 Å². The first-order valence-corrected chi connectivity index (χ1v) is 24.9. The minimum atomic E-state index is -1.67. The number of allylic oxidation sites excluding steroid dienone is 6. The van der Waals surface area contributed by atoms with Crippen molar-refractivity contribution >= 4 is 5.91 Å². The summed E-state index contributed by atoms with van der Waals surface area (Å²) < 4.78 is 11.1. The molecule has 1 saturated heterocycles. The molecule has 9 unspecified atom stereocenters. The van der Waals surface area contributed by atoms with E-state index in [1.807, 2.05) is 0 Å². The zero-order chi connectivity index (χ0) is 44.8. The summed E-state index contributed by atoms with van der Waals surface area (Å²) in [5.74, 6) is -0.712. The third-order valence-electron chi connectivity index (χ3n) is 11.9. The van der Waals surface area contributed by atoms with Crippen molar-refractivity contribution in [2.45, 2.75) is 262 Å². The summed E-state index contributed by atoms with van der Waals surface area (Å²) >= 11 is 0. The number of ether oxygens (including phenoxy) is 2. The summed E-state index contributed by atoms with van der Waals surface area (Å²) in [6.45, 7) is 3.40. The Morgan fingerprint density at radius 2 is 0.984 bits per heavy atom. The van der Waals surface area contributed by atoms with Gasteiger partial charge in [-0.3, -0.25) is 4.79 Å². The number of hydrogen-bond acceptors (Lipinski definition) is 10. The van der Waals surface area contributed by atoms with Gasteiger partial charge in [-0.1, -0.05) is 179 Å². The van der Waals surface area contributed by atoms with Crippen LogP contribution in [0, 0.1) is 0 Å². The highest BCUT2D eigenvalue weighted by atomic mass is 16.7. The molecule has 1 aliphatic heterocycles. The lowest BCUT2D eigenvalue weighted by Crippen LogP contribution is -2.60.